The van der Waals surface area contributed by atoms with E-state index in [1.54, 1.807) is 0 Å². The first-order chi connectivity index (χ1) is 3.73. The summed E-state index contributed by atoms with van der Waals surface area (Å²) < 4.78 is 31.6. The number of hydrogen-bond donors (Lipinski definition) is 5. The zero-order chi connectivity index (χ0) is 8.08. The van der Waals surface area contributed by atoms with Gasteiger partial charge in [0.1, 0.15) is 0 Å². The number of rotatable bonds is 0. The Morgan fingerprint density at radius 2 is 1.00 bits per heavy atom. The largest absolute Gasteiger partial charge is 2.00 e. The fraction of sp³-hybridized carbons (Fsp3) is 0. The third kappa shape index (κ3) is 8170. The van der Waals surface area contributed by atoms with Crippen LogP contribution in [0, 0.1) is 0 Å². The van der Waals surface area contributed by atoms with E-state index in [1.807, 2.05) is 0 Å². The molecular weight excluding hydrogens is 227 g/mol. The Hall–Kier alpha value is 0.294. The van der Waals surface area contributed by atoms with Crippen LogP contribution in [0.5, 0.6) is 0 Å². The Morgan fingerprint density at radius 1 is 1.00 bits per heavy atom. The topological polar surface area (TPSA) is 164 Å². The minimum Gasteiger partial charge on any atom is -2.00 e. The van der Waals surface area contributed by atoms with Gasteiger partial charge in [0, 0.05) is 0 Å². The van der Waals surface area contributed by atoms with E-state index in [9.17, 15) is 0 Å². The van der Waals surface area contributed by atoms with E-state index in [4.69, 9.17) is 32.6 Å². The van der Waals surface area contributed by atoms with Gasteiger partial charge in [-0.05, 0) is 0 Å². The van der Waals surface area contributed by atoms with Crippen molar-refractivity contribution < 1.29 is 55.1 Å². The van der Waals surface area contributed by atoms with Gasteiger partial charge in [-0.1, -0.05) is 0 Å². The maximum absolute atomic E-state index is 8.74. The summed E-state index contributed by atoms with van der Waals surface area (Å²) in [5.74, 6) is 0. The molecule has 0 atom stereocenters. The van der Waals surface area contributed by atoms with Gasteiger partial charge >= 0.3 is 34.8 Å². The molecule has 8 nitrogen and oxygen atoms in total. The average molecular weight is 232 g/mol. The SMILES string of the molecule is O=S(=O)(O)O.OB(O)O.[Fe+2].[O-2]. The minimum atomic E-state index is -4.67. The van der Waals surface area contributed by atoms with Crippen LogP contribution in [0.15, 0.2) is 0 Å². The molecule has 0 saturated carbocycles. The summed E-state index contributed by atoms with van der Waals surface area (Å²) in [5.41, 5.74) is 0. The first-order valence-corrected chi connectivity index (χ1v) is 2.87. The van der Waals surface area contributed by atoms with Crippen LogP contribution < -0.4 is 0 Å². The maximum Gasteiger partial charge on any atom is 2.00 e. The molecule has 0 aromatic heterocycles. The summed E-state index contributed by atoms with van der Waals surface area (Å²) in [4.78, 5) is 0. The van der Waals surface area contributed by atoms with E-state index >= 15 is 0 Å². The van der Waals surface area contributed by atoms with E-state index in [0.29, 0.717) is 0 Å². The van der Waals surface area contributed by atoms with Crippen LogP contribution in [0.1, 0.15) is 0 Å². The second kappa shape index (κ2) is 10.3. The van der Waals surface area contributed by atoms with Crippen molar-refractivity contribution in [1.82, 2.24) is 0 Å². The molecule has 0 fully saturated rings. The predicted octanol–water partition coefficient (Wildman–Crippen LogP) is -2.83. The van der Waals surface area contributed by atoms with Crippen molar-refractivity contribution in [2.75, 3.05) is 0 Å². The van der Waals surface area contributed by atoms with E-state index in [0.717, 1.165) is 0 Å². The van der Waals surface area contributed by atoms with Gasteiger partial charge in [-0.15, -0.1) is 0 Å². The summed E-state index contributed by atoms with van der Waals surface area (Å²) in [6.45, 7) is 0. The molecule has 0 aliphatic rings. The van der Waals surface area contributed by atoms with Crippen LogP contribution in [-0.2, 0) is 32.9 Å². The Labute approximate surface area is 73.4 Å². The molecule has 11 heavy (non-hydrogen) atoms. The van der Waals surface area contributed by atoms with Crippen LogP contribution in [-0.4, -0.2) is 39.9 Å². The maximum atomic E-state index is 8.74. The minimum absolute atomic E-state index is 0. The van der Waals surface area contributed by atoms with Crippen molar-refractivity contribution in [1.29, 1.82) is 0 Å². The van der Waals surface area contributed by atoms with Crippen molar-refractivity contribution in [2.24, 2.45) is 0 Å². The van der Waals surface area contributed by atoms with Gasteiger partial charge in [0.05, 0.1) is 0 Å². The van der Waals surface area contributed by atoms with E-state index in [2.05, 4.69) is 0 Å². The molecule has 0 aromatic carbocycles. The van der Waals surface area contributed by atoms with Gasteiger partial charge in [0.15, 0.2) is 0 Å². The fourth-order valence-corrected chi connectivity index (χ4v) is 0. The van der Waals surface area contributed by atoms with Crippen molar-refractivity contribution in [3.8, 4) is 0 Å². The van der Waals surface area contributed by atoms with Crippen LogP contribution in [0.4, 0.5) is 0 Å². The average Bonchev–Trinajstić information content (AvgIpc) is 1.19. The number of hydrogen-bond acceptors (Lipinski definition) is 5. The van der Waals surface area contributed by atoms with Crippen LogP contribution in [0.25, 0.3) is 0 Å². The third-order valence-electron chi connectivity index (χ3n) is 0. The Kier molecular flexibility index (Phi) is 21.1. The molecule has 0 aromatic rings. The molecule has 0 spiro atoms. The molecule has 0 aliphatic carbocycles. The standard InChI is InChI=1S/BH3O3.Fe.H2O4S.O/c2-1(3)4;;1-5(2,3)4;/h2-4H;;(H2,1,2,3,4);/q;+2;;-2. The molecule has 0 heterocycles. The van der Waals surface area contributed by atoms with Crippen LogP contribution >= 0.6 is 0 Å². The fourth-order valence-electron chi connectivity index (χ4n) is 0. The first kappa shape index (κ1) is 22.5. The van der Waals surface area contributed by atoms with E-state index in [-0.39, 0.29) is 22.5 Å². The van der Waals surface area contributed by atoms with Gasteiger partial charge in [0.2, 0.25) is 0 Å². The van der Waals surface area contributed by atoms with Crippen LogP contribution in [0.2, 0.25) is 0 Å². The molecule has 5 N–H and O–H groups in total. The van der Waals surface area contributed by atoms with Crippen molar-refractivity contribution in [3.63, 3.8) is 0 Å². The monoisotopic (exact) mass is 232 g/mol. The molecule has 0 amide bonds. The van der Waals surface area contributed by atoms with Gasteiger partial charge in [-0.2, -0.15) is 8.42 Å². The van der Waals surface area contributed by atoms with Crippen molar-refractivity contribution >= 4 is 17.7 Å². The molecule has 0 unspecified atom stereocenters. The molecule has 0 saturated heterocycles. The quantitative estimate of drug-likeness (QED) is 0.222. The summed E-state index contributed by atoms with van der Waals surface area (Å²) in [7, 11) is -6.83. The molecule has 0 radical (unpaired) electrons. The van der Waals surface area contributed by atoms with Crippen molar-refractivity contribution in [2.45, 2.75) is 0 Å². The first-order valence-electron chi connectivity index (χ1n) is 1.47. The third-order valence-corrected chi connectivity index (χ3v) is 0. The molecule has 70 valence electrons. The molecule has 0 rings (SSSR count). The van der Waals surface area contributed by atoms with E-state index in [1.165, 1.54) is 0 Å². The van der Waals surface area contributed by atoms with Crippen molar-refractivity contribution in [3.05, 3.63) is 0 Å². The zero-order valence-corrected chi connectivity index (χ0v) is 6.72. The summed E-state index contributed by atoms with van der Waals surface area (Å²) >= 11 is 0. The van der Waals surface area contributed by atoms with E-state index < -0.39 is 17.7 Å². The molecule has 0 aliphatic heterocycles. The molecule has 0 bridgehead atoms. The smallest absolute Gasteiger partial charge is 2.00 e. The van der Waals surface area contributed by atoms with Gasteiger partial charge < -0.3 is 20.5 Å². The summed E-state index contributed by atoms with van der Waals surface area (Å²) in [6.07, 6.45) is 0. The summed E-state index contributed by atoms with van der Waals surface area (Å²) in [6, 6.07) is 0. The van der Waals surface area contributed by atoms with Crippen LogP contribution in [0.3, 0.4) is 0 Å². The summed E-state index contributed by atoms with van der Waals surface area (Å²) in [5, 5.41) is 21.5. The Bertz CT molecular complexity index is 125. The zero-order valence-electron chi connectivity index (χ0n) is 4.80. The molecular formula is H5BFeO8S. The predicted molar refractivity (Wildman–Crippen MR) is 27.3 cm³/mol. The molecule has 11 heteroatoms. The second-order valence-electron chi connectivity index (χ2n) is 0.794. The Morgan fingerprint density at radius 3 is 1.00 bits per heavy atom. The normalized spacial score (nSPS) is 7.73. The second-order valence-corrected chi connectivity index (χ2v) is 1.69. The van der Waals surface area contributed by atoms with Gasteiger partial charge in [-0.3, -0.25) is 9.11 Å². The Balaban J connectivity index is -0.0000000383. The van der Waals surface area contributed by atoms with Gasteiger partial charge in [0.25, 0.3) is 0 Å². The van der Waals surface area contributed by atoms with Gasteiger partial charge in [-0.25, -0.2) is 0 Å².